The molecule has 0 fully saturated rings. The zero-order chi connectivity index (χ0) is 15.5. The van der Waals surface area contributed by atoms with E-state index in [1.54, 1.807) is 0 Å². The van der Waals surface area contributed by atoms with E-state index in [4.69, 9.17) is 4.74 Å². The molecule has 0 amide bonds. The second-order valence-corrected chi connectivity index (χ2v) is 5.54. The highest BCUT2D eigenvalue weighted by Crippen LogP contribution is 2.29. The Morgan fingerprint density at radius 3 is 1.83 bits per heavy atom. The van der Waals surface area contributed by atoms with Crippen LogP contribution in [-0.2, 0) is 0 Å². The summed E-state index contributed by atoms with van der Waals surface area (Å²) in [6, 6.07) is 30.8. The van der Waals surface area contributed by atoms with E-state index in [0.717, 1.165) is 27.9 Å². The van der Waals surface area contributed by atoms with Gasteiger partial charge in [0.25, 0.3) is 0 Å². The molecule has 0 bridgehead atoms. The highest BCUT2D eigenvalue weighted by Gasteiger charge is 2.16. The smallest absolute Gasteiger partial charge is 0.192 e. The normalized spacial score (nSPS) is 11.0. The summed E-state index contributed by atoms with van der Waals surface area (Å²) in [7, 11) is 0. The van der Waals surface area contributed by atoms with Crippen molar-refractivity contribution in [2.24, 2.45) is 0 Å². The van der Waals surface area contributed by atoms with E-state index in [1.807, 2.05) is 54.6 Å². The van der Waals surface area contributed by atoms with Gasteiger partial charge < -0.3 is 9.72 Å². The van der Waals surface area contributed by atoms with E-state index in [1.165, 1.54) is 0 Å². The van der Waals surface area contributed by atoms with Crippen molar-refractivity contribution in [3.8, 4) is 5.88 Å². The third-order valence-corrected chi connectivity index (χ3v) is 3.95. The van der Waals surface area contributed by atoms with Crippen LogP contribution in [0.25, 0.3) is 10.9 Å². The standard InChI is InChI=1S/C21H17NO/c1-3-9-16(10-4-1)21(17-11-5-2-6-12-17)23-20-15-18-13-7-8-14-19(18)22-20/h1-15,21-22H. The van der Waals surface area contributed by atoms with Crippen LogP contribution < -0.4 is 4.74 Å². The van der Waals surface area contributed by atoms with Crippen LogP contribution >= 0.6 is 0 Å². The SMILES string of the molecule is c1ccc(C(Oc2cc3ccccc3[nH]2)c2ccccc2)cc1. The average Bonchev–Trinajstić information content (AvgIpc) is 3.04. The Balaban J connectivity index is 1.73. The Morgan fingerprint density at radius 1 is 0.652 bits per heavy atom. The predicted molar refractivity (Wildman–Crippen MR) is 93.7 cm³/mol. The van der Waals surface area contributed by atoms with Crippen LogP contribution in [0.3, 0.4) is 0 Å². The fraction of sp³-hybridized carbons (Fsp3) is 0.0476. The van der Waals surface area contributed by atoms with Crippen LogP contribution in [0.2, 0.25) is 0 Å². The highest BCUT2D eigenvalue weighted by molar-refractivity contribution is 5.81. The first kappa shape index (κ1) is 13.6. The maximum Gasteiger partial charge on any atom is 0.192 e. The van der Waals surface area contributed by atoms with Gasteiger partial charge in [-0.3, -0.25) is 0 Å². The molecule has 0 saturated carbocycles. The van der Waals surface area contributed by atoms with Crippen molar-refractivity contribution in [2.45, 2.75) is 6.10 Å². The molecule has 4 aromatic rings. The number of hydrogen-bond acceptors (Lipinski definition) is 1. The third-order valence-electron chi connectivity index (χ3n) is 3.95. The zero-order valence-electron chi connectivity index (χ0n) is 12.6. The number of para-hydroxylation sites is 1. The molecule has 0 unspecified atom stereocenters. The van der Waals surface area contributed by atoms with E-state index >= 15 is 0 Å². The second kappa shape index (κ2) is 6.01. The Labute approximate surface area is 135 Å². The molecule has 0 atom stereocenters. The number of hydrogen-bond donors (Lipinski definition) is 1. The highest BCUT2D eigenvalue weighted by atomic mass is 16.5. The van der Waals surface area contributed by atoms with Gasteiger partial charge in [0.2, 0.25) is 0 Å². The van der Waals surface area contributed by atoms with Crippen LogP contribution in [0.5, 0.6) is 5.88 Å². The maximum atomic E-state index is 6.32. The van der Waals surface area contributed by atoms with Crippen molar-refractivity contribution in [2.75, 3.05) is 0 Å². The number of H-pyrrole nitrogens is 1. The first-order valence-electron chi connectivity index (χ1n) is 7.74. The van der Waals surface area contributed by atoms with Gasteiger partial charge in [0.05, 0.1) is 0 Å². The molecule has 0 saturated heterocycles. The lowest BCUT2D eigenvalue weighted by Crippen LogP contribution is -2.09. The van der Waals surface area contributed by atoms with E-state index in [9.17, 15) is 0 Å². The molecule has 0 aliphatic rings. The van der Waals surface area contributed by atoms with Gasteiger partial charge in [0.15, 0.2) is 12.0 Å². The molecular weight excluding hydrogens is 282 g/mol. The first-order valence-corrected chi connectivity index (χ1v) is 7.74. The number of aromatic nitrogens is 1. The number of nitrogens with one attached hydrogen (secondary N) is 1. The summed E-state index contributed by atoms with van der Waals surface area (Å²) in [6.45, 7) is 0. The minimum Gasteiger partial charge on any atom is -0.466 e. The molecule has 1 heterocycles. The molecule has 3 aromatic carbocycles. The minimum atomic E-state index is -0.134. The number of aromatic amines is 1. The summed E-state index contributed by atoms with van der Waals surface area (Å²) < 4.78 is 6.32. The van der Waals surface area contributed by atoms with Crippen LogP contribution in [0.15, 0.2) is 91.0 Å². The van der Waals surface area contributed by atoms with Gasteiger partial charge in [0.1, 0.15) is 0 Å². The van der Waals surface area contributed by atoms with Gasteiger partial charge in [0, 0.05) is 17.0 Å². The van der Waals surface area contributed by atoms with Gasteiger partial charge in [-0.1, -0.05) is 78.9 Å². The van der Waals surface area contributed by atoms with E-state index < -0.39 is 0 Å². The molecule has 0 aliphatic carbocycles. The predicted octanol–water partition coefficient (Wildman–Crippen LogP) is 5.34. The number of benzene rings is 3. The van der Waals surface area contributed by atoms with Crippen LogP contribution in [0, 0.1) is 0 Å². The van der Waals surface area contributed by atoms with E-state index in [0.29, 0.717) is 0 Å². The summed E-state index contributed by atoms with van der Waals surface area (Å²) in [5.41, 5.74) is 3.36. The van der Waals surface area contributed by atoms with Gasteiger partial charge >= 0.3 is 0 Å². The monoisotopic (exact) mass is 299 g/mol. The zero-order valence-corrected chi connectivity index (χ0v) is 12.6. The summed E-state index contributed by atoms with van der Waals surface area (Å²) in [4.78, 5) is 3.34. The lowest BCUT2D eigenvalue weighted by Gasteiger charge is -2.19. The van der Waals surface area contributed by atoms with Crippen molar-refractivity contribution in [1.29, 1.82) is 0 Å². The number of fused-ring (bicyclic) bond motifs is 1. The summed E-state index contributed by atoms with van der Waals surface area (Å²) in [5, 5.41) is 1.15. The Morgan fingerprint density at radius 2 is 1.22 bits per heavy atom. The van der Waals surface area contributed by atoms with Gasteiger partial charge in [-0.2, -0.15) is 0 Å². The Bertz CT molecular complexity index is 824. The molecule has 2 heteroatoms. The van der Waals surface area contributed by atoms with E-state index in [-0.39, 0.29) is 6.10 Å². The molecule has 0 spiro atoms. The summed E-state index contributed by atoms with van der Waals surface area (Å²) >= 11 is 0. The second-order valence-electron chi connectivity index (χ2n) is 5.54. The van der Waals surface area contributed by atoms with Crippen molar-refractivity contribution < 1.29 is 4.74 Å². The molecule has 112 valence electrons. The molecule has 0 radical (unpaired) electrons. The lowest BCUT2D eigenvalue weighted by atomic mass is 10.0. The quantitative estimate of drug-likeness (QED) is 0.541. The van der Waals surface area contributed by atoms with Crippen LogP contribution in [0.4, 0.5) is 0 Å². The minimum absolute atomic E-state index is 0.134. The number of rotatable bonds is 4. The molecule has 1 N–H and O–H groups in total. The molecule has 23 heavy (non-hydrogen) atoms. The van der Waals surface area contributed by atoms with Crippen molar-refractivity contribution >= 4 is 10.9 Å². The van der Waals surface area contributed by atoms with Gasteiger partial charge in [-0.25, -0.2) is 0 Å². The molecule has 0 aliphatic heterocycles. The Hall–Kier alpha value is -3.00. The first-order chi connectivity index (χ1) is 11.4. The van der Waals surface area contributed by atoms with Crippen molar-refractivity contribution in [1.82, 2.24) is 4.98 Å². The van der Waals surface area contributed by atoms with Crippen LogP contribution in [-0.4, -0.2) is 4.98 Å². The fourth-order valence-electron chi connectivity index (χ4n) is 2.82. The number of ether oxygens (including phenoxy) is 1. The third kappa shape index (κ3) is 2.84. The van der Waals surface area contributed by atoms with E-state index in [2.05, 4.69) is 41.4 Å². The van der Waals surface area contributed by atoms with Gasteiger partial charge in [-0.05, 0) is 17.2 Å². The molecule has 1 aromatic heterocycles. The molecule has 4 rings (SSSR count). The van der Waals surface area contributed by atoms with Crippen LogP contribution in [0.1, 0.15) is 17.2 Å². The largest absolute Gasteiger partial charge is 0.466 e. The molecular formula is C21H17NO. The summed E-state index contributed by atoms with van der Waals surface area (Å²) in [6.07, 6.45) is -0.134. The average molecular weight is 299 g/mol. The molecule has 2 nitrogen and oxygen atoms in total. The van der Waals surface area contributed by atoms with Crippen molar-refractivity contribution in [3.05, 3.63) is 102 Å². The fourth-order valence-corrected chi connectivity index (χ4v) is 2.82. The summed E-state index contributed by atoms with van der Waals surface area (Å²) in [5.74, 6) is 0.781. The topological polar surface area (TPSA) is 25.0 Å². The Kier molecular flexibility index (Phi) is 3.57. The lowest BCUT2D eigenvalue weighted by molar-refractivity contribution is 0.239. The van der Waals surface area contributed by atoms with Crippen molar-refractivity contribution in [3.63, 3.8) is 0 Å². The maximum absolute atomic E-state index is 6.32. The van der Waals surface area contributed by atoms with Gasteiger partial charge in [-0.15, -0.1) is 0 Å².